The monoisotopic (exact) mass is 575 g/mol. The second kappa shape index (κ2) is 11.6. The Hall–Kier alpha value is -3.83. The smallest absolute Gasteiger partial charge is 0.227 e. The van der Waals surface area contributed by atoms with E-state index in [2.05, 4.69) is 44.4 Å². The van der Waals surface area contributed by atoms with E-state index in [-0.39, 0.29) is 17.6 Å². The summed E-state index contributed by atoms with van der Waals surface area (Å²) in [6.07, 6.45) is 4.65. The first-order chi connectivity index (χ1) is 19.9. The summed E-state index contributed by atoms with van der Waals surface area (Å²) >= 11 is 1.54. The SMILES string of the molecule is CCc1nc2ccc(N3CCN(C(=O)C4CCN(CC=O)C4)CC3)cn2c1N(C)c1nc(-c2ccc(F)cc2)cs1. The van der Waals surface area contributed by atoms with Crippen molar-refractivity contribution in [3.63, 3.8) is 0 Å². The lowest BCUT2D eigenvalue weighted by Crippen LogP contribution is -2.50. The van der Waals surface area contributed by atoms with Gasteiger partial charge in [-0.25, -0.2) is 14.4 Å². The predicted octanol–water partition coefficient (Wildman–Crippen LogP) is 4.10. The van der Waals surface area contributed by atoms with Crippen molar-refractivity contribution in [3.05, 3.63) is 59.5 Å². The maximum Gasteiger partial charge on any atom is 0.227 e. The van der Waals surface area contributed by atoms with Crippen molar-refractivity contribution >= 4 is 45.8 Å². The zero-order valence-electron chi connectivity index (χ0n) is 23.4. The van der Waals surface area contributed by atoms with Gasteiger partial charge >= 0.3 is 0 Å². The number of hydrogen-bond donors (Lipinski definition) is 0. The van der Waals surface area contributed by atoms with E-state index in [1.807, 2.05) is 17.3 Å². The predicted molar refractivity (Wildman–Crippen MR) is 160 cm³/mol. The number of benzene rings is 1. The number of likely N-dealkylation sites (tertiary alicyclic amines) is 1. The molecule has 11 heteroatoms. The summed E-state index contributed by atoms with van der Waals surface area (Å²) in [5, 5.41) is 2.82. The van der Waals surface area contributed by atoms with Crippen molar-refractivity contribution in [1.82, 2.24) is 24.2 Å². The van der Waals surface area contributed by atoms with E-state index >= 15 is 0 Å². The summed E-state index contributed by atoms with van der Waals surface area (Å²) in [6.45, 7) is 6.88. The summed E-state index contributed by atoms with van der Waals surface area (Å²) in [6, 6.07) is 10.5. The molecule has 1 atom stereocenters. The van der Waals surface area contributed by atoms with Crippen LogP contribution in [0.5, 0.6) is 0 Å². The van der Waals surface area contributed by atoms with Crippen molar-refractivity contribution in [1.29, 1.82) is 0 Å². The number of imidazole rings is 1. The van der Waals surface area contributed by atoms with E-state index in [1.54, 1.807) is 23.5 Å². The van der Waals surface area contributed by atoms with Crippen molar-refractivity contribution in [2.24, 2.45) is 5.92 Å². The van der Waals surface area contributed by atoms with Gasteiger partial charge in [-0.3, -0.25) is 14.1 Å². The largest absolute Gasteiger partial charge is 0.367 e. The van der Waals surface area contributed by atoms with Crippen LogP contribution in [0.25, 0.3) is 16.9 Å². The molecule has 0 bridgehead atoms. The van der Waals surface area contributed by atoms with E-state index in [1.165, 1.54) is 12.1 Å². The molecule has 4 aromatic rings. The number of anilines is 3. The van der Waals surface area contributed by atoms with Crippen LogP contribution in [0.15, 0.2) is 48.0 Å². The Bertz CT molecular complexity index is 1540. The number of aromatic nitrogens is 3. The van der Waals surface area contributed by atoms with Gasteiger partial charge in [0.1, 0.15) is 23.6 Å². The van der Waals surface area contributed by atoms with Gasteiger partial charge in [0.05, 0.1) is 29.5 Å². The number of piperazine rings is 1. The summed E-state index contributed by atoms with van der Waals surface area (Å²) in [7, 11) is 2.01. The first-order valence-corrected chi connectivity index (χ1v) is 15.0. The fraction of sp³-hybridized carbons (Fsp3) is 0.400. The maximum absolute atomic E-state index is 13.4. The summed E-state index contributed by atoms with van der Waals surface area (Å²) in [4.78, 5) is 42.1. The van der Waals surface area contributed by atoms with Crippen LogP contribution in [0.3, 0.4) is 0 Å². The van der Waals surface area contributed by atoms with Crippen molar-refractivity contribution in [3.8, 4) is 11.3 Å². The van der Waals surface area contributed by atoms with Crippen LogP contribution in [-0.4, -0.2) is 89.2 Å². The molecule has 2 fully saturated rings. The standard InChI is InChI=1S/C30H34FN7O2S/c1-3-25-28(34(2)30-33-26(20-41-30)21-4-6-23(31)7-5-21)38-19-24(8-9-27(38)32-25)36-12-14-37(15-13-36)29(40)22-10-11-35(18-22)16-17-39/h4-9,17,19-20,22H,3,10-16,18H2,1-2H3. The molecule has 1 amide bonds. The van der Waals surface area contributed by atoms with Crippen LogP contribution < -0.4 is 9.80 Å². The number of carbonyl (C=O) groups is 2. The molecule has 5 heterocycles. The maximum atomic E-state index is 13.4. The van der Waals surface area contributed by atoms with Gasteiger partial charge in [0.15, 0.2) is 5.13 Å². The normalized spacial score (nSPS) is 17.9. The van der Waals surface area contributed by atoms with E-state index < -0.39 is 0 Å². The topological polar surface area (TPSA) is 77.3 Å². The van der Waals surface area contributed by atoms with Gasteiger partial charge in [-0.2, -0.15) is 0 Å². The van der Waals surface area contributed by atoms with E-state index in [4.69, 9.17) is 9.97 Å². The average Bonchev–Trinajstić information content (AvgIpc) is 3.75. The molecule has 1 unspecified atom stereocenters. The number of halogens is 1. The van der Waals surface area contributed by atoms with Crippen molar-refractivity contribution < 1.29 is 14.0 Å². The summed E-state index contributed by atoms with van der Waals surface area (Å²) in [5.41, 5.74) is 4.63. The third kappa shape index (κ3) is 5.43. The number of fused-ring (bicyclic) bond motifs is 1. The Morgan fingerprint density at radius 1 is 1.10 bits per heavy atom. The number of amides is 1. The molecular weight excluding hydrogens is 541 g/mol. The molecule has 2 saturated heterocycles. The summed E-state index contributed by atoms with van der Waals surface area (Å²) < 4.78 is 15.5. The quantitative estimate of drug-likeness (QED) is 0.293. The van der Waals surface area contributed by atoms with Gasteiger partial charge in [0, 0.05) is 56.9 Å². The summed E-state index contributed by atoms with van der Waals surface area (Å²) in [5.74, 6) is 0.908. The lowest BCUT2D eigenvalue weighted by atomic mass is 10.1. The van der Waals surface area contributed by atoms with Gasteiger partial charge in [-0.15, -0.1) is 11.3 Å². The Balaban J connectivity index is 1.19. The first-order valence-electron chi connectivity index (χ1n) is 14.1. The molecule has 41 heavy (non-hydrogen) atoms. The fourth-order valence-corrected chi connectivity index (χ4v) is 6.66. The van der Waals surface area contributed by atoms with Gasteiger partial charge in [0.2, 0.25) is 5.91 Å². The third-order valence-corrected chi connectivity index (χ3v) is 9.05. The number of rotatable bonds is 8. The Morgan fingerprint density at radius 3 is 2.61 bits per heavy atom. The molecular formula is C30H34FN7O2S. The minimum atomic E-state index is -0.264. The average molecular weight is 576 g/mol. The molecule has 3 aromatic heterocycles. The lowest BCUT2D eigenvalue weighted by Gasteiger charge is -2.37. The number of pyridine rings is 1. The minimum absolute atomic E-state index is 0.0104. The molecule has 1 aromatic carbocycles. The lowest BCUT2D eigenvalue weighted by molar-refractivity contribution is -0.135. The Morgan fingerprint density at radius 2 is 1.88 bits per heavy atom. The van der Waals surface area contributed by atoms with E-state index in [9.17, 15) is 14.0 Å². The number of carbonyl (C=O) groups excluding carboxylic acids is 2. The Kier molecular flexibility index (Phi) is 7.72. The minimum Gasteiger partial charge on any atom is -0.367 e. The van der Waals surface area contributed by atoms with Crippen molar-refractivity contribution in [2.45, 2.75) is 19.8 Å². The van der Waals surface area contributed by atoms with E-state index in [0.717, 1.165) is 78.0 Å². The van der Waals surface area contributed by atoms with Crippen LogP contribution >= 0.6 is 11.3 Å². The fourth-order valence-electron chi connectivity index (χ4n) is 5.86. The van der Waals surface area contributed by atoms with Crippen LogP contribution in [0.2, 0.25) is 0 Å². The highest BCUT2D eigenvalue weighted by Gasteiger charge is 2.32. The second-order valence-electron chi connectivity index (χ2n) is 10.7. The van der Waals surface area contributed by atoms with Crippen LogP contribution in [0.4, 0.5) is 21.0 Å². The Labute approximate surface area is 242 Å². The molecule has 9 nitrogen and oxygen atoms in total. The van der Waals surface area contributed by atoms with Gasteiger partial charge in [-0.05, 0) is 55.8 Å². The highest BCUT2D eigenvalue weighted by Crippen LogP contribution is 2.34. The zero-order valence-corrected chi connectivity index (χ0v) is 24.2. The van der Waals surface area contributed by atoms with Crippen LogP contribution in [-0.2, 0) is 16.0 Å². The molecule has 0 N–H and O–H groups in total. The molecule has 2 aliphatic heterocycles. The highest BCUT2D eigenvalue weighted by atomic mass is 32.1. The number of nitrogens with zero attached hydrogens (tertiary/aromatic N) is 7. The van der Waals surface area contributed by atoms with Crippen molar-refractivity contribution in [2.75, 3.05) is 62.7 Å². The van der Waals surface area contributed by atoms with Gasteiger partial charge < -0.3 is 19.5 Å². The van der Waals surface area contributed by atoms with Crippen LogP contribution in [0.1, 0.15) is 19.0 Å². The van der Waals surface area contributed by atoms with E-state index in [0.29, 0.717) is 26.2 Å². The number of hydrogen-bond acceptors (Lipinski definition) is 8. The number of aryl methyl sites for hydroxylation is 1. The molecule has 214 valence electrons. The van der Waals surface area contributed by atoms with Gasteiger partial charge in [-0.1, -0.05) is 6.92 Å². The number of thiazole rings is 1. The van der Waals surface area contributed by atoms with Gasteiger partial charge in [0.25, 0.3) is 0 Å². The second-order valence-corrected chi connectivity index (χ2v) is 11.5. The zero-order chi connectivity index (χ0) is 28.5. The highest BCUT2D eigenvalue weighted by molar-refractivity contribution is 7.14. The molecule has 0 spiro atoms. The third-order valence-electron chi connectivity index (χ3n) is 8.13. The molecule has 0 saturated carbocycles. The van der Waals surface area contributed by atoms with Crippen LogP contribution in [0, 0.1) is 11.7 Å². The molecule has 2 aliphatic rings. The molecule has 0 aliphatic carbocycles. The molecule has 0 radical (unpaired) electrons. The first kappa shape index (κ1) is 27.3. The molecule has 6 rings (SSSR count). The number of aldehydes is 1.